The molecular weight excluding hydrogens is 218 g/mol. The molecule has 0 fully saturated rings. The molecule has 76 valence electrons. The maximum absolute atomic E-state index is 11.3. The zero-order chi connectivity index (χ0) is 11.0. The average Bonchev–Trinajstić information content (AvgIpc) is 2.17. The summed E-state index contributed by atoms with van der Waals surface area (Å²) in [5.74, 6) is 0. The van der Waals surface area contributed by atoms with E-state index in [1.165, 1.54) is 6.07 Å². The molecule has 0 bridgehead atoms. The van der Waals surface area contributed by atoms with Crippen LogP contribution >= 0.6 is 11.6 Å². The number of benzene rings is 1. The van der Waals surface area contributed by atoms with Gasteiger partial charge < -0.3 is 10.2 Å². The minimum Gasteiger partial charge on any atom is -0.422 e. The van der Waals surface area contributed by atoms with E-state index in [0.29, 0.717) is 17.4 Å². The van der Waals surface area contributed by atoms with Crippen molar-refractivity contribution in [2.75, 3.05) is 5.73 Å². The summed E-state index contributed by atoms with van der Waals surface area (Å²) in [4.78, 5) is 21.9. The Balaban J connectivity index is 2.97. The van der Waals surface area contributed by atoms with Gasteiger partial charge in [0.15, 0.2) is 6.29 Å². The fourth-order valence-electron chi connectivity index (χ4n) is 1.29. The molecule has 2 aromatic rings. The highest BCUT2D eigenvalue weighted by atomic mass is 35.5. The second-order valence-corrected chi connectivity index (χ2v) is 3.37. The van der Waals surface area contributed by atoms with Crippen molar-refractivity contribution in [1.29, 1.82) is 0 Å². The first-order valence-corrected chi connectivity index (χ1v) is 4.48. The Bertz CT molecular complexity index is 603. The highest BCUT2D eigenvalue weighted by Gasteiger charge is 2.11. The molecule has 1 aromatic carbocycles. The van der Waals surface area contributed by atoms with Crippen molar-refractivity contribution < 1.29 is 9.21 Å². The quantitative estimate of drug-likeness (QED) is 0.455. The summed E-state index contributed by atoms with van der Waals surface area (Å²) >= 11 is 5.87. The van der Waals surface area contributed by atoms with E-state index in [1.807, 2.05) is 0 Å². The molecule has 0 atom stereocenters. The normalized spacial score (nSPS) is 10.5. The predicted octanol–water partition coefficient (Wildman–Crippen LogP) is 1.84. The molecule has 0 saturated heterocycles. The first kappa shape index (κ1) is 9.73. The summed E-state index contributed by atoms with van der Waals surface area (Å²) in [7, 11) is 0. The number of aldehydes is 1. The van der Waals surface area contributed by atoms with Crippen LogP contribution in [-0.4, -0.2) is 6.29 Å². The van der Waals surface area contributed by atoms with Crippen LogP contribution in [0.1, 0.15) is 10.4 Å². The molecule has 0 aliphatic heterocycles. The Hall–Kier alpha value is -1.81. The zero-order valence-electron chi connectivity index (χ0n) is 7.49. The Labute approximate surface area is 89.2 Å². The zero-order valence-corrected chi connectivity index (χ0v) is 8.25. The maximum atomic E-state index is 11.3. The van der Waals surface area contributed by atoms with Crippen LogP contribution < -0.4 is 11.4 Å². The lowest BCUT2D eigenvalue weighted by molar-refractivity contribution is 0.112. The number of carbonyl (C=O) groups is 1. The van der Waals surface area contributed by atoms with Crippen molar-refractivity contribution >= 4 is 34.5 Å². The number of fused-ring (bicyclic) bond motifs is 1. The molecule has 5 heteroatoms. The SMILES string of the molecule is Nc1ccc2c(Cl)c(C=O)c(=O)oc2c1. The van der Waals surface area contributed by atoms with E-state index in [9.17, 15) is 9.59 Å². The first-order chi connectivity index (χ1) is 7.13. The Morgan fingerprint density at radius 2 is 2.13 bits per heavy atom. The molecule has 2 rings (SSSR count). The van der Waals surface area contributed by atoms with E-state index in [0.717, 1.165) is 0 Å². The molecule has 0 amide bonds. The summed E-state index contributed by atoms with van der Waals surface area (Å²) in [5.41, 5.74) is 5.32. The first-order valence-electron chi connectivity index (χ1n) is 4.10. The molecule has 0 aliphatic rings. The number of hydrogen-bond donors (Lipinski definition) is 1. The van der Waals surface area contributed by atoms with Gasteiger partial charge in [0.25, 0.3) is 0 Å². The molecule has 15 heavy (non-hydrogen) atoms. The summed E-state index contributed by atoms with van der Waals surface area (Å²) in [6, 6.07) is 4.70. The van der Waals surface area contributed by atoms with E-state index >= 15 is 0 Å². The number of anilines is 1. The lowest BCUT2D eigenvalue weighted by atomic mass is 10.2. The monoisotopic (exact) mass is 223 g/mol. The number of rotatable bonds is 1. The van der Waals surface area contributed by atoms with Gasteiger partial charge in [-0.15, -0.1) is 0 Å². The molecule has 0 spiro atoms. The van der Waals surface area contributed by atoms with Crippen molar-refractivity contribution in [3.63, 3.8) is 0 Å². The van der Waals surface area contributed by atoms with Crippen molar-refractivity contribution in [3.05, 3.63) is 39.2 Å². The molecular formula is C10H6ClNO3. The topological polar surface area (TPSA) is 73.3 Å². The second kappa shape index (κ2) is 3.40. The third-order valence-corrected chi connectivity index (χ3v) is 2.43. The number of hydrogen-bond acceptors (Lipinski definition) is 4. The minimum atomic E-state index is -0.756. The van der Waals surface area contributed by atoms with Crippen LogP contribution in [0.25, 0.3) is 11.0 Å². The highest BCUT2D eigenvalue weighted by molar-refractivity contribution is 6.37. The van der Waals surface area contributed by atoms with Crippen LogP contribution in [0.3, 0.4) is 0 Å². The van der Waals surface area contributed by atoms with Crippen LogP contribution in [0.5, 0.6) is 0 Å². The predicted molar refractivity (Wildman–Crippen MR) is 57.3 cm³/mol. The Morgan fingerprint density at radius 1 is 1.40 bits per heavy atom. The molecule has 4 nitrogen and oxygen atoms in total. The lowest BCUT2D eigenvalue weighted by Crippen LogP contribution is -2.07. The van der Waals surface area contributed by atoms with E-state index in [1.54, 1.807) is 12.1 Å². The Morgan fingerprint density at radius 3 is 2.80 bits per heavy atom. The molecule has 1 aromatic heterocycles. The second-order valence-electron chi connectivity index (χ2n) is 2.99. The van der Waals surface area contributed by atoms with Gasteiger partial charge in [-0.2, -0.15) is 0 Å². The smallest absolute Gasteiger partial charge is 0.348 e. The van der Waals surface area contributed by atoms with Gasteiger partial charge in [-0.05, 0) is 12.1 Å². The van der Waals surface area contributed by atoms with Gasteiger partial charge in [-0.3, -0.25) is 4.79 Å². The van der Waals surface area contributed by atoms with Crippen LogP contribution in [-0.2, 0) is 0 Å². The molecule has 0 saturated carbocycles. The van der Waals surface area contributed by atoms with Crippen molar-refractivity contribution in [3.8, 4) is 0 Å². The van der Waals surface area contributed by atoms with Crippen LogP contribution in [0.2, 0.25) is 5.02 Å². The average molecular weight is 224 g/mol. The number of nitrogens with two attached hydrogens (primary N) is 1. The molecule has 0 radical (unpaired) electrons. The van der Waals surface area contributed by atoms with Gasteiger partial charge in [0.2, 0.25) is 0 Å². The van der Waals surface area contributed by atoms with Gasteiger partial charge in [0, 0.05) is 17.1 Å². The van der Waals surface area contributed by atoms with Crippen molar-refractivity contribution in [2.45, 2.75) is 0 Å². The third kappa shape index (κ3) is 1.49. The van der Waals surface area contributed by atoms with Crippen molar-refractivity contribution in [1.82, 2.24) is 0 Å². The lowest BCUT2D eigenvalue weighted by Gasteiger charge is -2.01. The number of nitrogen functional groups attached to an aromatic ring is 1. The number of carbonyl (C=O) groups excluding carboxylic acids is 1. The van der Waals surface area contributed by atoms with Gasteiger partial charge in [0.05, 0.1) is 5.02 Å². The van der Waals surface area contributed by atoms with Gasteiger partial charge in [-0.25, -0.2) is 4.79 Å². The third-order valence-electron chi connectivity index (χ3n) is 2.02. The fourth-order valence-corrected chi connectivity index (χ4v) is 1.57. The van der Waals surface area contributed by atoms with Gasteiger partial charge in [0.1, 0.15) is 11.1 Å². The minimum absolute atomic E-state index is 0.0938. The maximum Gasteiger partial charge on any atom is 0.348 e. The van der Waals surface area contributed by atoms with Gasteiger partial charge >= 0.3 is 5.63 Å². The van der Waals surface area contributed by atoms with E-state index in [4.69, 9.17) is 21.8 Å². The summed E-state index contributed by atoms with van der Waals surface area (Å²) in [6.07, 6.45) is 0.379. The fraction of sp³-hybridized carbons (Fsp3) is 0. The summed E-state index contributed by atoms with van der Waals surface area (Å²) in [6.45, 7) is 0. The molecule has 0 aliphatic carbocycles. The van der Waals surface area contributed by atoms with Gasteiger partial charge in [-0.1, -0.05) is 11.6 Å². The van der Waals surface area contributed by atoms with Crippen LogP contribution in [0.4, 0.5) is 5.69 Å². The van der Waals surface area contributed by atoms with Crippen LogP contribution in [0, 0.1) is 0 Å². The standard InChI is InChI=1S/C10H6ClNO3/c11-9-6-2-1-5(12)3-8(6)15-10(14)7(9)4-13/h1-4H,12H2. The number of halogens is 1. The summed E-state index contributed by atoms with van der Waals surface area (Å²) < 4.78 is 4.89. The Kier molecular flexibility index (Phi) is 2.21. The van der Waals surface area contributed by atoms with Crippen LogP contribution in [0.15, 0.2) is 27.4 Å². The highest BCUT2D eigenvalue weighted by Crippen LogP contribution is 2.25. The van der Waals surface area contributed by atoms with E-state index in [2.05, 4.69) is 0 Å². The molecule has 0 unspecified atom stereocenters. The molecule has 1 heterocycles. The largest absolute Gasteiger partial charge is 0.422 e. The van der Waals surface area contributed by atoms with Crippen molar-refractivity contribution in [2.24, 2.45) is 0 Å². The van der Waals surface area contributed by atoms with E-state index < -0.39 is 5.63 Å². The summed E-state index contributed by atoms with van der Waals surface area (Å²) in [5, 5.41) is 0.587. The van der Waals surface area contributed by atoms with E-state index in [-0.39, 0.29) is 16.2 Å². The molecule has 2 N–H and O–H groups in total.